The molecule has 138 valence electrons. The molecule has 27 heavy (non-hydrogen) atoms. The minimum absolute atomic E-state index is 0.147. The van der Waals surface area contributed by atoms with Gasteiger partial charge >= 0.3 is 0 Å². The van der Waals surface area contributed by atoms with E-state index in [2.05, 4.69) is 5.32 Å². The Morgan fingerprint density at radius 2 is 1.70 bits per heavy atom. The summed E-state index contributed by atoms with van der Waals surface area (Å²) < 4.78 is 0. The van der Waals surface area contributed by atoms with Crippen LogP contribution >= 0.6 is 0 Å². The Morgan fingerprint density at radius 1 is 1.00 bits per heavy atom. The van der Waals surface area contributed by atoms with E-state index in [1.54, 1.807) is 11.0 Å². The van der Waals surface area contributed by atoms with Crippen LogP contribution in [-0.2, 0) is 16.1 Å². The topological polar surface area (TPSA) is 69.7 Å². The standard InChI is InChI=1S/C21H21N3O3/c1-23(2)14-8-6-13(7-9-14)15-4-3-5-16-17(15)12-24(21(16)27)18-10-11-19(25)22-20(18)26/h3-9,18H,10-12H2,1-2H3,(H,22,25,26). The van der Waals surface area contributed by atoms with Gasteiger partial charge < -0.3 is 9.80 Å². The molecule has 2 aliphatic rings. The summed E-state index contributed by atoms with van der Waals surface area (Å²) in [7, 11) is 3.98. The van der Waals surface area contributed by atoms with Gasteiger partial charge in [0, 0.05) is 38.3 Å². The van der Waals surface area contributed by atoms with Crippen LogP contribution in [0.15, 0.2) is 42.5 Å². The highest BCUT2D eigenvalue weighted by Gasteiger charge is 2.39. The molecule has 0 radical (unpaired) electrons. The van der Waals surface area contributed by atoms with Crippen LogP contribution in [0.5, 0.6) is 0 Å². The second-order valence-corrected chi connectivity index (χ2v) is 7.17. The Kier molecular flexibility index (Phi) is 4.18. The third kappa shape index (κ3) is 2.97. The molecule has 3 amide bonds. The van der Waals surface area contributed by atoms with E-state index in [-0.39, 0.29) is 24.1 Å². The molecule has 2 heterocycles. The average Bonchev–Trinajstić information content (AvgIpc) is 2.98. The predicted molar refractivity (Wildman–Crippen MR) is 102 cm³/mol. The Balaban J connectivity index is 1.67. The second kappa shape index (κ2) is 6.54. The summed E-state index contributed by atoms with van der Waals surface area (Å²) in [4.78, 5) is 40.2. The first kappa shape index (κ1) is 17.3. The van der Waals surface area contributed by atoms with Crippen LogP contribution in [-0.4, -0.2) is 42.8 Å². The van der Waals surface area contributed by atoms with Crippen molar-refractivity contribution in [1.82, 2.24) is 10.2 Å². The summed E-state index contributed by atoms with van der Waals surface area (Å²) >= 11 is 0. The zero-order valence-electron chi connectivity index (χ0n) is 15.4. The Bertz CT molecular complexity index is 934. The smallest absolute Gasteiger partial charge is 0.255 e. The van der Waals surface area contributed by atoms with Gasteiger partial charge in [-0.15, -0.1) is 0 Å². The molecule has 6 heteroatoms. The van der Waals surface area contributed by atoms with Crippen LogP contribution in [0, 0.1) is 0 Å². The maximum atomic E-state index is 12.9. The molecule has 6 nitrogen and oxygen atoms in total. The van der Waals surface area contributed by atoms with Crippen LogP contribution < -0.4 is 10.2 Å². The van der Waals surface area contributed by atoms with Crippen LogP contribution in [0.1, 0.15) is 28.8 Å². The zero-order chi connectivity index (χ0) is 19.1. The number of nitrogens with one attached hydrogen (secondary N) is 1. The largest absolute Gasteiger partial charge is 0.378 e. The third-order valence-electron chi connectivity index (χ3n) is 5.28. The summed E-state index contributed by atoms with van der Waals surface area (Å²) in [6.07, 6.45) is 0.632. The summed E-state index contributed by atoms with van der Waals surface area (Å²) in [6, 6.07) is 13.3. The lowest BCUT2D eigenvalue weighted by atomic mass is 9.97. The molecule has 0 aromatic heterocycles. The van der Waals surface area contributed by atoms with E-state index in [0.717, 1.165) is 22.4 Å². The number of hydrogen-bond donors (Lipinski definition) is 1. The first-order valence-corrected chi connectivity index (χ1v) is 9.00. The van der Waals surface area contributed by atoms with Gasteiger partial charge in [0.1, 0.15) is 6.04 Å². The van der Waals surface area contributed by atoms with E-state index in [4.69, 9.17) is 0 Å². The van der Waals surface area contributed by atoms with Gasteiger partial charge in [0.15, 0.2) is 0 Å². The molecule has 2 aromatic rings. The highest BCUT2D eigenvalue weighted by atomic mass is 16.2. The molecule has 1 atom stereocenters. The molecular weight excluding hydrogens is 342 g/mol. The summed E-state index contributed by atoms with van der Waals surface area (Å²) in [5, 5.41) is 2.34. The molecule has 2 aromatic carbocycles. The number of fused-ring (bicyclic) bond motifs is 1. The molecule has 1 fully saturated rings. The molecule has 2 aliphatic heterocycles. The molecule has 1 unspecified atom stereocenters. The number of benzene rings is 2. The number of hydrogen-bond acceptors (Lipinski definition) is 4. The van der Waals surface area contributed by atoms with E-state index < -0.39 is 6.04 Å². The van der Waals surface area contributed by atoms with Gasteiger partial charge in [-0.05, 0) is 41.3 Å². The number of amides is 3. The lowest BCUT2D eigenvalue weighted by molar-refractivity contribution is -0.136. The number of carbonyl (C=O) groups is 3. The number of rotatable bonds is 3. The van der Waals surface area contributed by atoms with E-state index in [0.29, 0.717) is 18.5 Å². The SMILES string of the molecule is CN(C)c1ccc(-c2cccc3c2CN(C2CCC(=O)NC2=O)C3=O)cc1. The van der Waals surface area contributed by atoms with Gasteiger partial charge in [-0.1, -0.05) is 24.3 Å². The fraction of sp³-hybridized carbons (Fsp3) is 0.286. The normalized spacial score (nSPS) is 19.1. The number of carbonyl (C=O) groups excluding carboxylic acids is 3. The van der Waals surface area contributed by atoms with Crippen molar-refractivity contribution >= 4 is 23.4 Å². The fourth-order valence-electron chi connectivity index (χ4n) is 3.80. The number of anilines is 1. The third-order valence-corrected chi connectivity index (χ3v) is 5.28. The van der Waals surface area contributed by atoms with Crippen molar-refractivity contribution in [2.75, 3.05) is 19.0 Å². The molecule has 0 aliphatic carbocycles. The maximum Gasteiger partial charge on any atom is 0.255 e. The highest BCUT2D eigenvalue weighted by Crippen LogP contribution is 2.35. The average molecular weight is 363 g/mol. The van der Waals surface area contributed by atoms with E-state index >= 15 is 0 Å². The highest BCUT2D eigenvalue weighted by molar-refractivity contribution is 6.06. The van der Waals surface area contributed by atoms with Crippen molar-refractivity contribution in [3.8, 4) is 11.1 Å². The maximum absolute atomic E-state index is 12.9. The van der Waals surface area contributed by atoms with Crippen LogP contribution in [0.2, 0.25) is 0 Å². The molecule has 1 N–H and O–H groups in total. The number of imide groups is 1. The van der Waals surface area contributed by atoms with E-state index in [1.807, 2.05) is 55.4 Å². The second-order valence-electron chi connectivity index (χ2n) is 7.17. The first-order chi connectivity index (χ1) is 13.0. The first-order valence-electron chi connectivity index (χ1n) is 9.00. The number of nitrogens with zero attached hydrogens (tertiary/aromatic N) is 2. The predicted octanol–water partition coefficient (Wildman–Crippen LogP) is 2.18. The van der Waals surface area contributed by atoms with Gasteiger partial charge in [0.2, 0.25) is 11.8 Å². The van der Waals surface area contributed by atoms with Gasteiger partial charge in [0.05, 0.1) is 0 Å². The molecule has 4 rings (SSSR count). The zero-order valence-corrected chi connectivity index (χ0v) is 15.4. The van der Waals surface area contributed by atoms with Crippen molar-refractivity contribution in [2.24, 2.45) is 0 Å². The van der Waals surface area contributed by atoms with Crippen molar-refractivity contribution < 1.29 is 14.4 Å². The summed E-state index contributed by atoms with van der Waals surface area (Å²) in [6.45, 7) is 0.381. The van der Waals surface area contributed by atoms with Crippen LogP contribution in [0.4, 0.5) is 5.69 Å². The van der Waals surface area contributed by atoms with Gasteiger partial charge in [-0.25, -0.2) is 0 Å². The minimum Gasteiger partial charge on any atom is -0.378 e. The van der Waals surface area contributed by atoms with Crippen molar-refractivity contribution in [3.63, 3.8) is 0 Å². The molecule has 0 saturated carbocycles. The minimum atomic E-state index is -0.591. The number of piperidine rings is 1. The molecular formula is C21H21N3O3. The summed E-state index contributed by atoms with van der Waals surface area (Å²) in [5.74, 6) is -0.808. The van der Waals surface area contributed by atoms with E-state index in [9.17, 15) is 14.4 Å². The molecule has 0 spiro atoms. The lowest BCUT2D eigenvalue weighted by Gasteiger charge is -2.29. The van der Waals surface area contributed by atoms with Crippen molar-refractivity contribution in [2.45, 2.75) is 25.4 Å². The molecule has 1 saturated heterocycles. The van der Waals surface area contributed by atoms with Crippen LogP contribution in [0.3, 0.4) is 0 Å². The monoisotopic (exact) mass is 363 g/mol. The van der Waals surface area contributed by atoms with Gasteiger partial charge in [0.25, 0.3) is 5.91 Å². The Hall–Kier alpha value is -3.15. The van der Waals surface area contributed by atoms with E-state index in [1.165, 1.54) is 0 Å². The fourth-order valence-corrected chi connectivity index (χ4v) is 3.80. The quantitative estimate of drug-likeness (QED) is 0.849. The van der Waals surface area contributed by atoms with Crippen molar-refractivity contribution in [3.05, 3.63) is 53.6 Å². The lowest BCUT2D eigenvalue weighted by Crippen LogP contribution is -2.52. The summed E-state index contributed by atoms with van der Waals surface area (Å²) in [5.41, 5.74) is 4.71. The van der Waals surface area contributed by atoms with Crippen molar-refractivity contribution in [1.29, 1.82) is 0 Å². The molecule has 0 bridgehead atoms. The van der Waals surface area contributed by atoms with Gasteiger partial charge in [-0.2, -0.15) is 0 Å². The van der Waals surface area contributed by atoms with Gasteiger partial charge in [-0.3, -0.25) is 19.7 Å². The Labute approximate surface area is 157 Å². The van der Waals surface area contributed by atoms with Crippen LogP contribution in [0.25, 0.3) is 11.1 Å². The Morgan fingerprint density at radius 3 is 2.37 bits per heavy atom.